The van der Waals surface area contributed by atoms with E-state index < -0.39 is 5.97 Å². The minimum absolute atomic E-state index is 0.0598. The maximum atomic E-state index is 12.7. The van der Waals surface area contributed by atoms with E-state index in [4.69, 9.17) is 5.11 Å². The Morgan fingerprint density at radius 3 is 2.38 bits per heavy atom. The zero-order valence-corrected chi connectivity index (χ0v) is 17.6. The van der Waals surface area contributed by atoms with E-state index in [2.05, 4.69) is 73.8 Å². The number of carboxylic acids is 1. The average Bonchev–Trinajstić information content (AvgIpc) is 2.42. The molecule has 0 spiro atoms. The number of carboxylic acid groups (broad SMARTS) is 1. The smallest absolute Gasteiger partial charge is 0.303 e. The summed E-state index contributed by atoms with van der Waals surface area (Å²) in [6, 6.07) is 3.98. The van der Waals surface area contributed by atoms with E-state index in [0.29, 0.717) is 13.1 Å². The number of amides is 1. The van der Waals surface area contributed by atoms with Crippen molar-refractivity contribution in [3.05, 3.63) is 28.4 Å². The molecule has 0 radical (unpaired) electrons. The molecule has 0 atom stereocenters. The Labute approximate surface area is 164 Å². The molecule has 0 unspecified atom stereocenters. The number of aliphatic carboxylic acids is 1. The summed E-state index contributed by atoms with van der Waals surface area (Å²) in [6.07, 6.45) is 1.76. The van der Waals surface area contributed by atoms with Gasteiger partial charge in [0, 0.05) is 30.2 Å². The minimum atomic E-state index is -0.749. The molecular weight excluding hydrogens is 611 g/mol. The molecule has 1 N–H and O–H groups in total. The molecular formula is C14H14I3NO3. The Hall–Kier alpha value is 0.350. The Kier molecular flexibility index (Phi) is 6.53. The number of benzene rings is 1. The molecule has 1 aromatic carbocycles. The zero-order chi connectivity index (χ0) is 15.6. The molecule has 1 fully saturated rings. The molecule has 4 nitrogen and oxygen atoms in total. The highest BCUT2D eigenvalue weighted by Crippen LogP contribution is 2.26. The molecule has 1 aliphatic rings. The van der Waals surface area contributed by atoms with Crippen LogP contribution in [0, 0.1) is 16.6 Å². The van der Waals surface area contributed by atoms with Gasteiger partial charge in [-0.1, -0.05) is 0 Å². The number of nitrogens with zero attached hydrogens (tertiary/aromatic N) is 1. The van der Waals surface area contributed by atoms with Crippen molar-refractivity contribution in [2.75, 3.05) is 13.1 Å². The van der Waals surface area contributed by atoms with Crippen LogP contribution in [0.2, 0.25) is 0 Å². The van der Waals surface area contributed by atoms with E-state index in [0.717, 1.165) is 29.1 Å². The highest BCUT2D eigenvalue weighted by molar-refractivity contribution is 14.1. The monoisotopic (exact) mass is 625 g/mol. The summed E-state index contributed by atoms with van der Waals surface area (Å²) >= 11 is 6.69. The fourth-order valence-corrected chi connectivity index (χ4v) is 4.86. The second kappa shape index (κ2) is 7.75. The highest BCUT2D eigenvalue weighted by Gasteiger charge is 2.26. The van der Waals surface area contributed by atoms with Crippen molar-refractivity contribution in [3.63, 3.8) is 0 Å². The summed E-state index contributed by atoms with van der Waals surface area (Å²) in [6.45, 7) is 1.30. The van der Waals surface area contributed by atoms with Crippen molar-refractivity contribution >= 4 is 79.6 Å². The van der Waals surface area contributed by atoms with Gasteiger partial charge in [-0.05, 0) is 98.7 Å². The molecule has 0 bridgehead atoms. The van der Waals surface area contributed by atoms with Crippen LogP contribution in [0.4, 0.5) is 0 Å². The number of carbonyl (C=O) groups is 2. The Morgan fingerprint density at radius 2 is 1.81 bits per heavy atom. The van der Waals surface area contributed by atoms with Gasteiger partial charge in [-0.15, -0.1) is 0 Å². The van der Waals surface area contributed by atoms with E-state index in [1.165, 1.54) is 0 Å². The predicted molar refractivity (Wildman–Crippen MR) is 105 cm³/mol. The molecule has 7 heteroatoms. The number of piperidine rings is 1. The van der Waals surface area contributed by atoms with Gasteiger partial charge in [0.25, 0.3) is 5.91 Å². The molecule has 0 aliphatic carbocycles. The van der Waals surface area contributed by atoms with Crippen LogP contribution in [0.1, 0.15) is 29.6 Å². The second-order valence-electron chi connectivity index (χ2n) is 5.08. The SMILES string of the molecule is O=C(O)CC1CCN(C(=O)c2cc(I)cc(I)c2I)CC1. The van der Waals surface area contributed by atoms with Crippen LogP contribution in [-0.4, -0.2) is 35.0 Å². The first kappa shape index (κ1) is 17.7. The van der Waals surface area contributed by atoms with Crippen LogP contribution in [0.15, 0.2) is 12.1 Å². The molecule has 114 valence electrons. The van der Waals surface area contributed by atoms with Crippen LogP contribution < -0.4 is 0 Å². The number of hydrogen-bond acceptors (Lipinski definition) is 2. The lowest BCUT2D eigenvalue weighted by Gasteiger charge is -2.31. The highest BCUT2D eigenvalue weighted by atomic mass is 127. The topological polar surface area (TPSA) is 57.6 Å². The van der Waals surface area contributed by atoms with Crippen LogP contribution in [0.3, 0.4) is 0 Å². The first-order valence-corrected chi connectivity index (χ1v) is 9.77. The molecule has 1 aliphatic heterocycles. The zero-order valence-electron chi connectivity index (χ0n) is 11.1. The van der Waals surface area contributed by atoms with Gasteiger partial charge >= 0.3 is 5.97 Å². The largest absolute Gasteiger partial charge is 0.481 e. The van der Waals surface area contributed by atoms with Crippen molar-refractivity contribution in [2.24, 2.45) is 5.92 Å². The molecule has 1 aromatic rings. The quantitative estimate of drug-likeness (QED) is 0.411. The molecule has 0 aromatic heterocycles. The van der Waals surface area contributed by atoms with E-state index in [-0.39, 0.29) is 18.2 Å². The lowest BCUT2D eigenvalue weighted by atomic mass is 9.93. The van der Waals surface area contributed by atoms with Crippen LogP contribution in [0.5, 0.6) is 0 Å². The fourth-order valence-electron chi connectivity index (χ4n) is 2.47. The fraction of sp³-hybridized carbons (Fsp3) is 0.429. The maximum absolute atomic E-state index is 12.7. The van der Waals surface area contributed by atoms with Gasteiger partial charge in [0.15, 0.2) is 0 Å². The van der Waals surface area contributed by atoms with E-state index >= 15 is 0 Å². The van der Waals surface area contributed by atoms with Crippen molar-refractivity contribution in [3.8, 4) is 0 Å². The van der Waals surface area contributed by atoms with Gasteiger partial charge < -0.3 is 10.0 Å². The van der Waals surface area contributed by atoms with Gasteiger partial charge in [0.05, 0.1) is 5.56 Å². The average molecular weight is 625 g/mol. The molecule has 1 heterocycles. The molecule has 0 saturated carbocycles. The van der Waals surface area contributed by atoms with E-state index in [1.807, 2.05) is 11.0 Å². The summed E-state index contributed by atoms with van der Waals surface area (Å²) in [5, 5.41) is 8.83. The first-order valence-electron chi connectivity index (χ1n) is 6.54. The second-order valence-corrected chi connectivity index (χ2v) is 8.57. The minimum Gasteiger partial charge on any atom is -0.481 e. The normalized spacial score (nSPS) is 16.0. The predicted octanol–water partition coefficient (Wildman–Crippen LogP) is 3.83. The van der Waals surface area contributed by atoms with Crippen LogP contribution >= 0.6 is 67.8 Å². The van der Waals surface area contributed by atoms with Crippen molar-refractivity contribution < 1.29 is 14.7 Å². The van der Waals surface area contributed by atoms with Gasteiger partial charge in [0.1, 0.15) is 0 Å². The summed E-state index contributed by atoms with van der Waals surface area (Å²) < 4.78 is 3.14. The van der Waals surface area contributed by atoms with Crippen molar-refractivity contribution in [1.82, 2.24) is 4.90 Å². The number of likely N-dealkylation sites (tertiary alicyclic amines) is 1. The Balaban J connectivity index is 2.07. The van der Waals surface area contributed by atoms with Gasteiger partial charge in [-0.3, -0.25) is 9.59 Å². The summed E-state index contributed by atoms with van der Waals surface area (Å²) in [7, 11) is 0. The third-order valence-electron chi connectivity index (χ3n) is 3.59. The summed E-state index contributed by atoms with van der Waals surface area (Å²) in [5.74, 6) is -0.493. The standard InChI is InChI=1S/C14H14I3NO3/c15-9-6-10(13(17)11(16)7-9)14(21)18-3-1-8(2-4-18)5-12(19)20/h6-8H,1-5H2,(H,19,20). The van der Waals surface area contributed by atoms with E-state index in [9.17, 15) is 9.59 Å². The van der Waals surface area contributed by atoms with Gasteiger partial charge in [0.2, 0.25) is 0 Å². The number of halogens is 3. The Morgan fingerprint density at radius 1 is 1.19 bits per heavy atom. The third-order valence-corrected chi connectivity index (χ3v) is 7.26. The molecule has 2 rings (SSSR count). The third kappa shape index (κ3) is 4.66. The number of carbonyl (C=O) groups excluding carboxylic acids is 1. The number of rotatable bonds is 3. The molecule has 1 amide bonds. The van der Waals surface area contributed by atoms with E-state index in [1.54, 1.807) is 0 Å². The van der Waals surface area contributed by atoms with Gasteiger partial charge in [-0.25, -0.2) is 0 Å². The summed E-state index contributed by atoms with van der Waals surface area (Å²) in [5.41, 5.74) is 0.753. The molecule has 21 heavy (non-hydrogen) atoms. The van der Waals surface area contributed by atoms with Crippen LogP contribution in [0.25, 0.3) is 0 Å². The number of hydrogen-bond donors (Lipinski definition) is 1. The van der Waals surface area contributed by atoms with Crippen molar-refractivity contribution in [1.29, 1.82) is 0 Å². The van der Waals surface area contributed by atoms with Crippen molar-refractivity contribution in [2.45, 2.75) is 19.3 Å². The maximum Gasteiger partial charge on any atom is 0.303 e. The first-order chi connectivity index (χ1) is 9.88. The van der Waals surface area contributed by atoms with Crippen LogP contribution in [-0.2, 0) is 4.79 Å². The lowest BCUT2D eigenvalue weighted by Crippen LogP contribution is -2.39. The summed E-state index contributed by atoms with van der Waals surface area (Å²) in [4.78, 5) is 25.2. The van der Waals surface area contributed by atoms with Gasteiger partial charge in [-0.2, -0.15) is 0 Å². The lowest BCUT2D eigenvalue weighted by molar-refractivity contribution is -0.138. The molecule has 1 saturated heterocycles. The Bertz CT molecular complexity index is 569.